The minimum absolute atomic E-state index is 0.207. The number of hydrogen-bond donors (Lipinski definition) is 1. The molecule has 1 unspecified atom stereocenters. The summed E-state index contributed by atoms with van der Waals surface area (Å²) < 4.78 is 0. The fourth-order valence-corrected chi connectivity index (χ4v) is 2.36. The number of amides is 2. The van der Waals surface area contributed by atoms with Crippen LogP contribution in [-0.2, 0) is 4.79 Å². The number of likely N-dealkylation sites (N-methyl/N-ethyl adjacent to an activating group) is 1. The van der Waals surface area contributed by atoms with Gasteiger partial charge in [0.1, 0.15) is 6.04 Å². The van der Waals surface area contributed by atoms with Gasteiger partial charge in [-0.2, -0.15) is 0 Å². The summed E-state index contributed by atoms with van der Waals surface area (Å²) in [6.45, 7) is 6.69. The lowest BCUT2D eigenvalue weighted by Gasteiger charge is -2.38. The number of carbonyl (C=O) groups is 2. The van der Waals surface area contributed by atoms with Crippen LogP contribution >= 0.6 is 0 Å². The smallest absolute Gasteiger partial charge is 0.326 e. The van der Waals surface area contributed by atoms with Gasteiger partial charge in [0.15, 0.2) is 0 Å². The molecule has 0 aromatic rings. The van der Waals surface area contributed by atoms with Crippen molar-refractivity contribution in [2.75, 3.05) is 33.7 Å². The maximum atomic E-state index is 12.2. The van der Waals surface area contributed by atoms with Crippen molar-refractivity contribution >= 4 is 12.0 Å². The molecule has 0 saturated carbocycles. The summed E-state index contributed by atoms with van der Waals surface area (Å²) in [5, 5.41) is 8.94. The normalized spacial score (nSPS) is 18.9. The molecule has 19 heavy (non-hydrogen) atoms. The second-order valence-corrected chi connectivity index (χ2v) is 5.18. The van der Waals surface area contributed by atoms with Gasteiger partial charge in [-0.15, -0.1) is 0 Å². The first-order valence-corrected chi connectivity index (χ1v) is 6.83. The summed E-state index contributed by atoms with van der Waals surface area (Å²) in [5.41, 5.74) is 0. The van der Waals surface area contributed by atoms with Gasteiger partial charge in [-0.05, 0) is 26.3 Å². The highest BCUT2D eigenvalue weighted by atomic mass is 16.4. The first-order chi connectivity index (χ1) is 8.88. The highest BCUT2D eigenvalue weighted by Crippen LogP contribution is 2.16. The van der Waals surface area contributed by atoms with Crippen molar-refractivity contribution in [3.8, 4) is 0 Å². The van der Waals surface area contributed by atoms with E-state index in [0.29, 0.717) is 0 Å². The maximum absolute atomic E-state index is 12.2. The Morgan fingerprint density at radius 3 is 2.26 bits per heavy atom. The first kappa shape index (κ1) is 15.8. The molecule has 6 nitrogen and oxygen atoms in total. The highest BCUT2D eigenvalue weighted by molar-refractivity contribution is 5.82. The minimum atomic E-state index is -0.981. The number of hydrogen-bond acceptors (Lipinski definition) is 3. The predicted molar refractivity (Wildman–Crippen MR) is 73.2 cm³/mol. The third kappa shape index (κ3) is 3.83. The molecule has 1 rings (SSSR count). The fourth-order valence-electron chi connectivity index (χ4n) is 2.36. The Hall–Kier alpha value is -1.30. The van der Waals surface area contributed by atoms with E-state index in [9.17, 15) is 9.59 Å². The minimum Gasteiger partial charge on any atom is -0.480 e. The molecule has 0 spiro atoms. The molecular weight excluding hydrogens is 246 g/mol. The summed E-state index contributed by atoms with van der Waals surface area (Å²) in [6, 6.07) is -0.811. The van der Waals surface area contributed by atoms with Crippen molar-refractivity contribution in [3.05, 3.63) is 0 Å². The molecule has 110 valence electrons. The average molecular weight is 271 g/mol. The summed E-state index contributed by atoms with van der Waals surface area (Å²) in [5.74, 6) is -0.981. The van der Waals surface area contributed by atoms with Crippen molar-refractivity contribution < 1.29 is 14.7 Å². The molecule has 1 heterocycles. The molecule has 0 radical (unpaired) electrons. The molecule has 0 aliphatic carbocycles. The molecule has 2 amide bonds. The number of carboxylic acid groups (broad SMARTS) is 1. The lowest BCUT2D eigenvalue weighted by atomic mass is 10.0. The van der Waals surface area contributed by atoms with Crippen molar-refractivity contribution in [1.29, 1.82) is 0 Å². The third-order valence-corrected chi connectivity index (χ3v) is 4.09. The molecule has 1 N–H and O–H groups in total. The van der Waals surface area contributed by atoms with Crippen LogP contribution in [0, 0.1) is 0 Å². The van der Waals surface area contributed by atoms with Gasteiger partial charge < -0.3 is 19.8 Å². The van der Waals surface area contributed by atoms with Gasteiger partial charge >= 0.3 is 12.0 Å². The number of nitrogens with zero attached hydrogens (tertiary/aromatic N) is 3. The molecule has 1 aliphatic rings. The second kappa shape index (κ2) is 6.75. The van der Waals surface area contributed by atoms with E-state index < -0.39 is 12.0 Å². The van der Waals surface area contributed by atoms with Crippen LogP contribution in [0.2, 0.25) is 0 Å². The summed E-state index contributed by atoms with van der Waals surface area (Å²) in [6.07, 6.45) is 1.90. The molecule has 0 bridgehead atoms. The van der Waals surface area contributed by atoms with Crippen LogP contribution < -0.4 is 0 Å². The Kier molecular flexibility index (Phi) is 5.60. The van der Waals surface area contributed by atoms with Crippen molar-refractivity contribution in [1.82, 2.24) is 14.7 Å². The number of piperidine rings is 1. The lowest BCUT2D eigenvalue weighted by molar-refractivity contribution is -0.141. The number of likely N-dealkylation sites (tertiary alicyclic amines) is 1. The zero-order valence-electron chi connectivity index (χ0n) is 12.3. The van der Waals surface area contributed by atoms with Crippen LogP contribution in [0.15, 0.2) is 0 Å². The van der Waals surface area contributed by atoms with Crippen LogP contribution in [0.5, 0.6) is 0 Å². The van der Waals surface area contributed by atoms with Crippen molar-refractivity contribution in [3.63, 3.8) is 0 Å². The largest absolute Gasteiger partial charge is 0.480 e. The summed E-state index contributed by atoms with van der Waals surface area (Å²) in [7, 11) is 3.30. The predicted octanol–water partition coefficient (Wildman–Crippen LogP) is 0.927. The van der Waals surface area contributed by atoms with E-state index >= 15 is 0 Å². The van der Waals surface area contributed by atoms with Crippen LogP contribution in [0.1, 0.15) is 26.7 Å². The number of carboxylic acids is 1. The Bertz CT molecular complexity index is 327. The molecular formula is C13H25N3O3. The Labute approximate surface area is 115 Å². The number of rotatable bonds is 4. The van der Waals surface area contributed by atoms with E-state index in [1.54, 1.807) is 19.0 Å². The summed E-state index contributed by atoms with van der Waals surface area (Å²) >= 11 is 0. The van der Waals surface area contributed by atoms with E-state index in [2.05, 4.69) is 11.8 Å². The van der Waals surface area contributed by atoms with Gasteiger partial charge in [-0.3, -0.25) is 0 Å². The topological polar surface area (TPSA) is 64.1 Å². The molecule has 1 atom stereocenters. The van der Waals surface area contributed by atoms with Crippen molar-refractivity contribution in [2.45, 2.75) is 38.8 Å². The van der Waals surface area contributed by atoms with E-state index in [4.69, 9.17) is 5.11 Å². The molecule has 0 aromatic heterocycles. The first-order valence-electron chi connectivity index (χ1n) is 6.83. The SMILES string of the molecule is CCN1CCC(N(C)C(=O)N(C)C(C)C(=O)O)CC1. The van der Waals surface area contributed by atoms with Gasteiger partial charge in [0.25, 0.3) is 0 Å². The van der Waals surface area contributed by atoms with Crippen LogP contribution in [-0.4, -0.2) is 77.6 Å². The molecule has 6 heteroatoms. The molecule has 1 saturated heterocycles. The number of carbonyl (C=O) groups excluding carboxylic acids is 1. The Morgan fingerprint density at radius 2 is 1.84 bits per heavy atom. The van der Waals surface area contributed by atoms with E-state index in [1.165, 1.54) is 11.8 Å². The van der Waals surface area contributed by atoms with Crippen LogP contribution in [0.4, 0.5) is 4.79 Å². The monoisotopic (exact) mass is 271 g/mol. The molecule has 1 fully saturated rings. The molecule has 1 aliphatic heterocycles. The number of aliphatic carboxylic acids is 1. The van der Waals surface area contributed by atoms with Crippen molar-refractivity contribution in [2.24, 2.45) is 0 Å². The third-order valence-electron chi connectivity index (χ3n) is 4.09. The second-order valence-electron chi connectivity index (χ2n) is 5.18. The quantitative estimate of drug-likeness (QED) is 0.826. The van der Waals surface area contributed by atoms with E-state index in [1.807, 2.05) is 0 Å². The van der Waals surface area contributed by atoms with Gasteiger partial charge in [0.2, 0.25) is 0 Å². The van der Waals surface area contributed by atoms with E-state index in [-0.39, 0.29) is 12.1 Å². The van der Waals surface area contributed by atoms with Gasteiger partial charge in [-0.1, -0.05) is 6.92 Å². The average Bonchev–Trinajstić information content (AvgIpc) is 2.44. The zero-order chi connectivity index (χ0) is 14.6. The van der Waals surface area contributed by atoms with Crippen LogP contribution in [0.3, 0.4) is 0 Å². The van der Waals surface area contributed by atoms with Gasteiger partial charge in [0, 0.05) is 33.2 Å². The standard InChI is InChI=1S/C13H25N3O3/c1-5-16-8-6-11(7-9-16)15(4)13(19)14(3)10(2)12(17)18/h10-11H,5-9H2,1-4H3,(H,17,18). The lowest BCUT2D eigenvalue weighted by Crippen LogP contribution is -2.52. The van der Waals surface area contributed by atoms with Crippen LogP contribution in [0.25, 0.3) is 0 Å². The van der Waals surface area contributed by atoms with Gasteiger partial charge in [0.05, 0.1) is 0 Å². The Morgan fingerprint density at radius 1 is 1.32 bits per heavy atom. The highest BCUT2D eigenvalue weighted by Gasteiger charge is 2.29. The van der Waals surface area contributed by atoms with Gasteiger partial charge in [-0.25, -0.2) is 9.59 Å². The number of urea groups is 1. The summed E-state index contributed by atoms with van der Waals surface area (Å²) in [4.78, 5) is 28.5. The molecule has 0 aromatic carbocycles. The Balaban J connectivity index is 2.55. The van der Waals surface area contributed by atoms with E-state index in [0.717, 1.165) is 32.5 Å². The zero-order valence-corrected chi connectivity index (χ0v) is 12.3. The fraction of sp³-hybridized carbons (Fsp3) is 0.846. The maximum Gasteiger partial charge on any atom is 0.326 e.